The summed E-state index contributed by atoms with van der Waals surface area (Å²) in [5.74, 6) is 0. The number of phosphoric ester groups is 1. The van der Waals surface area contributed by atoms with Gasteiger partial charge in [-0.05, 0) is 0 Å². The van der Waals surface area contributed by atoms with Gasteiger partial charge in [0.05, 0.1) is 0 Å². The summed E-state index contributed by atoms with van der Waals surface area (Å²) in [5, 5.41) is 19.6. The molecule has 172 valence electrons. The third-order valence-corrected chi connectivity index (χ3v) is 7.10. The lowest BCUT2D eigenvalue weighted by Crippen LogP contribution is -2.38. The van der Waals surface area contributed by atoms with Crippen LogP contribution in [0.1, 0.15) is 6.23 Å². The molecule has 0 amide bonds. The van der Waals surface area contributed by atoms with Crippen molar-refractivity contribution in [2.75, 3.05) is 0 Å². The molecule has 2 heterocycles. The summed E-state index contributed by atoms with van der Waals surface area (Å²) in [7, 11) is -17.4. The maximum atomic E-state index is 14.3. The Kier molecular flexibility index (Phi) is 7.38. The zero-order chi connectivity index (χ0) is 23.1. The second-order valence-corrected chi connectivity index (χ2v) is 9.90. The van der Waals surface area contributed by atoms with Gasteiger partial charge in [0.25, 0.3) is 5.56 Å². The highest BCUT2D eigenvalue weighted by Gasteiger charge is 2.51. The molecule has 17 nitrogen and oxygen atoms in total. The van der Waals surface area contributed by atoms with Gasteiger partial charge in [0.15, 0.2) is 18.7 Å². The average Bonchev–Trinajstić information content (AvgIpc) is 2.79. The van der Waals surface area contributed by atoms with Gasteiger partial charge in [-0.25, -0.2) is 22.9 Å². The van der Waals surface area contributed by atoms with Crippen molar-refractivity contribution in [3.05, 3.63) is 33.1 Å². The van der Waals surface area contributed by atoms with Crippen LogP contribution in [0.15, 0.2) is 21.9 Å². The quantitative estimate of drug-likeness (QED) is 0.147. The van der Waals surface area contributed by atoms with E-state index < -0.39 is 65.6 Å². The molecule has 3 unspecified atom stereocenters. The maximum Gasteiger partial charge on any atom is 0.490 e. The molecule has 21 heteroatoms. The summed E-state index contributed by atoms with van der Waals surface area (Å²) < 4.78 is 63.9. The molecule has 0 saturated carbocycles. The van der Waals surface area contributed by atoms with Crippen LogP contribution in [0.4, 0.5) is 4.39 Å². The van der Waals surface area contributed by atoms with Crippen LogP contribution in [-0.4, -0.2) is 64.0 Å². The normalized spacial score (nSPS) is 29.8. The predicted octanol–water partition coefficient (Wildman–Crippen LogP) is -2.21. The van der Waals surface area contributed by atoms with Crippen LogP contribution >= 0.6 is 23.5 Å². The Labute approximate surface area is 163 Å². The number of nitrogens with one attached hydrogen (secondary N) is 1. The molecule has 7 N–H and O–H groups in total. The van der Waals surface area contributed by atoms with E-state index in [1.165, 1.54) is 0 Å². The van der Waals surface area contributed by atoms with Crippen LogP contribution < -0.4 is 11.2 Å². The predicted molar refractivity (Wildman–Crippen MR) is 87.1 cm³/mol. The summed E-state index contributed by atoms with van der Waals surface area (Å²) >= 11 is 0. The fourth-order valence-electron chi connectivity index (χ4n) is 2.24. The summed E-state index contributed by atoms with van der Waals surface area (Å²) in [4.78, 5) is 59.7. The zero-order valence-corrected chi connectivity index (χ0v) is 16.7. The van der Waals surface area contributed by atoms with Crippen LogP contribution in [-0.2, 0) is 31.6 Å². The molecule has 1 aliphatic heterocycles. The van der Waals surface area contributed by atoms with Gasteiger partial charge in [0.1, 0.15) is 12.2 Å². The Hall–Kier alpha value is -1.10. The Morgan fingerprint density at radius 2 is 1.73 bits per heavy atom. The van der Waals surface area contributed by atoms with Crippen LogP contribution in [0.3, 0.4) is 0 Å². The van der Waals surface area contributed by atoms with Gasteiger partial charge < -0.3 is 34.5 Å². The summed E-state index contributed by atoms with van der Waals surface area (Å²) in [6.45, 7) is 0. The van der Waals surface area contributed by atoms with Crippen LogP contribution in [0.25, 0.3) is 0 Å². The third-order valence-electron chi connectivity index (χ3n) is 3.30. The molecule has 1 saturated heterocycles. The fourth-order valence-corrected chi connectivity index (χ4v) is 5.30. The van der Waals surface area contributed by atoms with E-state index in [0.717, 1.165) is 12.3 Å². The van der Waals surface area contributed by atoms with Crippen LogP contribution in [0.2, 0.25) is 0 Å². The first kappa shape index (κ1) is 25.2. The number of aromatic amines is 1. The number of rotatable bonds is 8. The molecule has 1 fully saturated rings. The monoisotopic (exact) mass is 502 g/mol. The molecule has 30 heavy (non-hydrogen) atoms. The van der Waals surface area contributed by atoms with E-state index in [2.05, 4.69) is 13.1 Å². The van der Waals surface area contributed by atoms with Crippen molar-refractivity contribution in [3.63, 3.8) is 0 Å². The van der Waals surface area contributed by atoms with E-state index in [4.69, 9.17) is 19.4 Å². The fraction of sp³-hybridized carbons (Fsp3) is 0.556. The molecule has 1 aromatic heterocycles. The van der Waals surface area contributed by atoms with E-state index in [1.807, 2.05) is 0 Å². The van der Waals surface area contributed by atoms with Gasteiger partial charge in [-0.2, -0.15) is 8.62 Å². The highest BCUT2D eigenvalue weighted by Crippen LogP contribution is 2.66. The summed E-state index contributed by atoms with van der Waals surface area (Å²) in [6, 6.07) is 0.805. The third kappa shape index (κ3) is 6.45. The van der Waals surface area contributed by atoms with Gasteiger partial charge in [-0.1, -0.05) is 0 Å². The van der Waals surface area contributed by atoms with E-state index in [1.54, 1.807) is 4.98 Å². The smallest absolute Gasteiger partial charge is 0.387 e. The summed E-state index contributed by atoms with van der Waals surface area (Å²) in [6.07, 6.45) is -10.8. The highest BCUT2D eigenvalue weighted by molar-refractivity contribution is 7.66. The van der Waals surface area contributed by atoms with Gasteiger partial charge >= 0.3 is 29.2 Å². The van der Waals surface area contributed by atoms with Crippen molar-refractivity contribution >= 4 is 23.5 Å². The zero-order valence-electron chi connectivity index (χ0n) is 14.1. The van der Waals surface area contributed by atoms with E-state index in [-0.39, 0.29) is 0 Å². The number of alkyl halides is 1. The Morgan fingerprint density at radius 3 is 2.27 bits per heavy atom. The first-order valence-electron chi connectivity index (χ1n) is 7.31. The van der Waals surface area contributed by atoms with Gasteiger partial charge in [-0.15, -0.1) is 0 Å². The lowest BCUT2D eigenvalue weighted by molar-refractivity contribution is -0.161. The first-order valence-corrected chi connectivity index (χ1v) is 11.8. The molecule has 0 radical (unpaired) electrons. The SMILES string of the molecule is O=c1ccn([C@@H]2O[C@H](C(O)OP(=O)(O)OP(=O)(O)OP(=O)(O)O)[C@@H](O)[C@H]2F)c(=O)[nH]1. The number of ether oxygens (including phenoxy) is 1. The van der Waals surface area contributed by atoms with E-state index >= 15 is 0 Å². The van der Waals surface area contributed by atoms with Gasteiger partial charge in [0.2, 0.25) is 0 Å². The average molecular weight is 502 g/mol. The van der Waals surface area contributed by atoms with Gasteiger partial charge in [0, 0.05) is 12.3 Å². The maximum absolute atomic E-state index is 14.3. The topological polar surface area (TPSA) is 264 Å². The molecule has 0 spiro atoms. The van der Waals surface area contributed by atoms with Crippen molar-refractivity contribution in [1.29, 1.82) is 0 Å². The number of H-pyrrole nitrogens is 1. The van der Waals surface area contributed by atoms with Gasteiger partial charge in [-0.3, -0.25) is 18.9 Å². The molecule has 1 aromatic rings. The number of aliphatic hydroxyl groups excluding tert-OH is 2. The molecular formula is C9H14FN2O15P3. The largest absolute Gasteiger partial charge is 0.490 e. The lowest BCUT2D eigenvalue weighted by Gasteiger charge is -2.23. The van der Waals surface area contributed by atoms with E-state index in [0.29, 0.717) is 4.57 Å². The first-order chi connectivity index (χ1) is 13.5. The number of hydrogen-bond acceptors (Lipinski definition) is 11. The minimum atomic E-state index is -5.89. The van der Waals surface area contributed by atoms with Crippen molar-refractivity contribution in [1.82, 2.24) is 9.55 Å². The van der Waals surface area contributed by atoms with Crippen LogP contribution in [0.5, 0.6) is 0 Å². The van der Waals surface area contributed by atoms with Crippen molar-refractivity contribution in [3.8, 4) is 0 Å². The Balaban J connectivity index is 2.14. The Bertz CT molecular complexity index is 1030. The second kappa shape index (κ2) is 8.80. The van der Waals surface area contributed by atoms with Crippen molar-refractivity contribution < 1.29 is 65.8 Å². The second-order valence-electron chi connectivity index (χ2n) is 5.53. The van der Waals surface area contributed by atoms with Crippen LogP contribution in [0, 0.1) is 0 Å². The molecular weight excluding hydrogens is 488 g/mol. The number of aromatic nitrogens is 2. The van der Waals surface area contributed by atoms with Crippen molar-refractivity contribution in [2.45, 2.75) is 30.9 Å². The number of hydrogen-bond donors (Lipinski definition) is 7. The number of aliphatic hydroxyl groups is 2. The number of phosphoric acid groups is 3. The lowest BCUT2D eigenvalue weighted by atomic mass is 10.1. The Morgan fingerprint density at radius 1 is 1.13 bits per heavy atom. The molecule has 7 atom stereocenters. The highest BCUT2D eigenvalue weighted by atomic mass is 31.3. The van der Waals surface area contributed by atoms with Crippen molar-refractivity contribution in [2.24, 2.45) is 0 Å². The molecule has 2 rings (SSSR count). The minimum absolute atomic E-state index is 0.479. The molecule has 0 bridgehead atoms. The standard InChI is InChI=1S/C9H14FN2O15P3/c10-4-5(14)6(24-7(4)12-2-1-3(13)11-9(12)16)8(15)25-29(20,21)27-30(22,23)26-28(17,18)19/h1-2,4-8,14-15H,(H,20,21)(H,22,23)(H,11,13,16)(H2,17,18,19)/t4-,5+,6+,7-,8?/m1/s1. The molecule has 1 aliphatic rings. The number of nitrogens with zero attached hydrogens (tertiary/aromatic N) is 1. The minimum Gasteiger partial charge on any atom is -0.387 e. The molecule has 0 aromatic carbocycles. The molecule has 0 aliphatic carbocycles. The van der Waals surface area contributed by atoms with E-state index in [9.17, 15) is 42.8 Å². The summed E-state index contributed by atoms with van der Waals surface area (Å²) in [5.41, 5.74) is -2.00. The number of halogens is 1.